The van der Waals surface area contributed by atoms with Gasteiger partial charge in [-0.15, -0.1) is 0 Å². The fourth-order valence-corrected chi connectivity index (χ4v) is 5.45. The average Bonchev–Trinajstić information content (AvgIpc) is 3.59. The molecule has 5 amide bonds. The number of likely N-dealkylation sites (tertiary alicyclic amines) is 1. The van der Waals surface area contributed by atoms with Gasteiger partial charge in [-0.25, -0.2) is 4.79 Å². The van der Waals surface area contributed by atoms with Gasteiger partial charge in [0.2, 0.25) is 29.5 Å². The van der Waals surface area contributed by atoms with E-state index in [0.29, 0.717) is 24.0 Å². The van der Waals surface area contributed by atoms with Crippen LogP contribution in [0.4, 0.5) is 0 Å². The Labute approximate surface area is 289 Å². The fraction of sp³-hybridized carbons (Fsp3) is 0.424. The van der Waals surface area contributed by atoms with E-state index in [9.17, 15) is 39.0 Å². The molecular formula is C33H45N9O8. The minimum Gasteiger partial charge on any atom is -0.508 e. The number of amides is 5. The molecule has 270 valence electrons. The molecule has 1 saturated heterocycles. The number of guanidine groups is 1. The van der Waals surface area contributed by atoms with Crippen molar-refractivity contribution in [3.05, 3.63) is 65.7 Å². The lowest BCUT2D eigenvalue weighted by atomic mass is 10.0. The molecule has 3 rings (SSSR count). The number of carboxylic acid groups (broad SMARTS) is 1. The molecule has 0 radical (unpaired) electrons. The summed E-state index contributed by atoms with van der Waals surface area (Å²) in [6, 6.07) is 10.4. The lowest BCUT2D eigenvalue weighted by molar-refractivity contribution is -0.142. The summed E-state index contributed by atoms with van der Waals surface area (Å²) in [6.07, 6.45) is 1.22. The molecule has 0 unspecified atom stereocenters. The number of aliphatic carboxylic acids is 1. The zero-order chi connectivity index (χ0) is 36.6. The number of hydrogen-bond acceptors (Lipinski definition) is 9. The molecule has 12 N–H and O–H groups in total. The number of aromatic hydroxyl groups is 1. The monoisotopic (exact) mass is 695 g/mol. The first-order valence-corrected chi connectivity index (χ1v) is 16.1. The van der Waals surface area contributed by atoms with E-state index >= 15 is 0 Å². The number of rotatable bonds is 18. The Hall–Kier alpha value is -5.71. The lowest BCUT2D eigenvalue weighted by Gasteiger charge is -2.29. The third-order valence-electron chi connectivity index (χ3n) is 7.95. The number of phenols is 1. The number of hydrogen-bond donors (Lipinski definition) is 9. The zero-order valence-corrected chi connectivity index (χ0v) is 27.5. The molecule has 17 nitrogen and oxygen atoms in total. The molecule has 2 aromatic carbocycles. The van der Waals surface area contributed by atoms with E-state index in [4.69, 9.17) is 17.2 Å². The first-order chi connectivity index (χ1) is 23.9. The van der Waals surface area contributed by atoms with Crippen molar-refractivity contribution in [1.82, 2.24) is 26.2 Å². The lowest BCUT2D eigenvalue weighted by Crippen LogP contribution is -2.56. The first-order valence-electron chi connectivity index (χ1n) is 16.1. The van der Waals surface area contributed by atoms with Crippen LogP contribution in [-0.2, 0) is 41.6 Å². The molecule has 0 saturated carbocycles. The Morgan fingerprint density at radius 1 is 0.860 bits per heavy atom. The predicted octanol–water partition coefficient (Wildman–Crippen LogP) is -2.16. The van der Waals surface area contributed by atoms with Crippen molar-refractivity contribution in [2.24, 2.45) is 22.2 Å². The minimum atomic E-state index is -1.28. The Bertz CT molecular complexity index is 1520. The van der Waals surface area contributed by atoms with Crippen molar-refractivity contribution in [1.29, 1.82) is 0 Å². The van der Waals surface area contributed by atoms with Crippen LogP contribution < -0.4 is 38.5 Å². The van der Waals surface area contributed by atoms with Gasteiger partial charge >= 0.3 is 5.97 Å². The Balaban J connectivity index is 1.64. The molecule has 2 aromatic rings. The molecule has 0 aromatic heterocycles. The van der Waals surface area contributed by atoms with Gasteiger partial charge in [-0.2, -0.15) is 0 Å². The van der Waals surface area contributed by atoms with Gasteiger partial charge in [-0.3, -0.25) is 29.0 Å². The second-order valence-electron chi connectivity index (χ2n) is 11.8. The smallest absolute Gasteiger partial charge is 0.326 e. The number of carbonyl (C=O) groups excluding carboxylic acids is 5. The maximum atomic E-state index is 13.6. The fourth-order valence-electron chi connectivity index (χ4n) is 5.45. The van der Waals surface area contributed by atoms with Gasteiger partial charge in [-0.1, -0.05) is 42.5 Å². The van der Waals surface area contributed by atoms with Crippen molar-refractivity contribution < 1.29 is 39.0 Å². The molecule has 1 aliphatic heterocycles. The van der Waals surface area contributed by atoms with Crippen molar-refractivity contribution in [2.45, 2.75) is 62.7 Å². The van der Waals surface area contributed by atoms with Gasteiger partial charge in [0, 0.05) is 25.9 Å². The predicted molar refractivity (Wildman–Crippen MR) is 182 cm³/mol. The van der Waals surface area contributed by atoms with Crippen LogP contribution in [0, 0.1) is 0 Å². The summed E-state index contributed by atoms with van der Waals surface area (Å²) in [5, 5.41) is 29.5. The van der Waals surface area contributed by atoms with Crippen molar-refractivity contribution in [3.8, 4) is 5.75 Å². The van der Waals surface area contributed by atoms with Crippen LogP contribution in [-0.4, -0.2) is 107 Å². The highest BCUT2D eigenvalue weighted by atomic mass is 16.4. The van der Waals surface area contributed by atoms with Gasteiger partial charge in [0.05, 0.1) is 13.1 Å². The van der Waals surface area contributed by atoms with Crippen LogP contribution in [0.3, 0.4) is 0 Å². The van der Waals surface area contributed by atoms with Crippen LogP contribution in [0.2, 0.25) is 0 Å². The number of carboxylic acids is 1. The van der Waals surface area contributed by atoms with E-state index in [1.807, 2.05) is 0 Å². The van der Waals surface area contributed by atoms with Crippen molar-refractivity contribution >= 4 is 41.5 Å². The van der Waals surface area contributed by atoms with Crippen molar-refractivity contribution in [2.75, 3.05) is 26.2 Å². The van der Waals surface area contributed by atoms with Gasteiger partial charge in [-0.05, 0) is 48.9 Å². The van der Waals surface area contributed by atoms with Gasteiger partial charge < -0.3 is 53.6 Å². The number of carbonyl (C=O) groups is 6. The zero-order valence-electron chi connectivity index (χ0n) is 27.5. The summed E-state index contributed by atoms with van der Waals surface area (Å²) in [4.78, 5) is 82.4. The van der Waals surface area contributed by atoms with E-state index in [1.165, 1.54) is 17.0 Å². The van der Waals surface area contributed by atoms with Gasteiger partial charge in [0.25, 0.3) is 0 Å². The summed E-state index contributed by atoms with van der Waals surface area (Å²) in [7, 11) is 0. The molecule has 4 atom stereocenters. The summed E-state index contributed by atoms with van der Waals surface area (Å²) in [5.41, 5.74) is 17.5. The van der Waals surface area contributed by atoms with E-state index < -0.39 is 66.2 Å². The number of aliphatic imine (C=N–C) groups is 1. The second-order valence-corrected chi connectivity index (χ2v) is 11.8. The van der Waals surface area contributed by atoms with E-state index in [2.05, 4.69) is 26.3 Å². The SMILES string of the molecule is NCC(=O)N[C@@H](Cc1ccc(O)cc1)C(=O)N1CCC[C@H]1C(=O)NCC(=O)N[C@@H](CCCN=C(N)N)C(=O)N[C@@H](Cc1ccccc1)C(=O)O. The number of phenolic OH excluding ortho intramolecular Hbond substituents is 1. The Morgan fingerprint density at radius 3 is 2.14 bits per heavy atom. The Kier molecular flexibility index (Phi) is 15.0. The molecule has 0 bridgehead atoms. The number of nitrogens with one attached hydrogen (secondary N) is 4. The van der Waals surface area contributed by atoms with Crippen molar-refractivity contribution in [3.63, 3.8) is 0 Å². The van der Waals surface area contributed by atoms with Crippen LogP contribution >= 0.6 is 0 Å². The molecule has 17 heteroatoms. The number of nitrogens with two attached hydrogens (primary N) is 3. The third-order valence-corrected chi connectivity index (χ3v) is 7.95. The highest BCUT2D eigenvalue weighted by Gasteiger charge is 2.38. The first kappa shape index (κ1) is 38.7. The van der Waals surface area contributed by atoms with Crippen LogP contribution in [0.1, 0.15) is 36.8 Å². The van der Waals surface area contributed by atoms with E-state index in [0.717, 1.165) is 0 Å². The quantitative estimate of drug-likeness (QED) is 0.0460. The third kappa shape index (κ3) is 12.4. The van der Waals surface area contributed by atoms with Crippen LogP contribution in [0.5, 0.6) is 5.75 Å². The maximum Gasteiger partial charge on any atom is 0.326 e. The average molecular weight is 696 g/mol. The normalized spacial score (nSPS) is 15.5. The highest BCUT2D eigenvalue weighted by molar-refractivity contribution is 5.95. The summed E-state index contributed by atoms with van der Waals surface area (Å²) in [5.74, 6) is -4.54. The van der Waals surface area contributed by atoms with Crippen LogP contribution in [0.15, 0.2) is 59.6 Å². The Morgan fingerprint density at radius 2 is 1.50 bits per heavy atom. The summed E-state index contributed by atoms with van der Waals surface area (Å²) in [6.45, 7) is -0.506. The van der Waals surface area contributed by atoms with Crippen LogP contribution in [0.25, 0.3) is 0 Å². The van der Waals surface area contributed by atoms with Gasteiger partial charge in [0.1, 0.15) is 29.9 Å². The molecule has 1 fully saturated rings. The standard InChI is InChI=1S/C33H45N9O8/c34-18-27(44)40-24(16-21-10-12-22(43)13-11-21)31(48)42-15-5-9-26(42)30(47)38-19-28(45)39-23(8-4-14-37-33(35)36)29(46)41-25(32(49)50)17-20-6-2-1-3-7-20/h1-3,6-7,10-13,23-26,43H,4-5,8-9,14-19,34H2,(H,38,47)(H,39,45)(H,40,44)(H,41,46)(H,49,50)(H4,35,36,37)/t23-,24-,25-,26-/m0/s1. The molecule has 1 heterocycles. The molecule has 1 aliphatic rings. The summed E-state index contributed by atoms with van der Waals surface area (Å²) >= 11 is 0. The van der Waals surface area contributed by atoms with Gasteiger partial charge in [0.15, 0.2) is 5.96 Å². The molecule has 0 spiro atoms. The molecular weight excluding hydrogens is 650 g/mol. The topological polar surface area (TPSA) is 285 Å². The molecule has 50 heavy (non-hydrogen) atoms. The largest absolute Gasteiger partial charge is 0.508 e. The highest BCUT2D eigenvalue weighted by Crippen LogP contribution is 2.20. The molecule has 0 aliphatic carbocycles. The number of nitrogens with zero attached hydrogens (tertiary/aromatic N) is 2. The number of benzene rings is 2. The summed E-state index contributed by atoms with van der Waals surface area (Å²) < 4.78 is 0. The maximum absolute atomic E-state index is 13.6. The van der Waals surface area contributed by atoms with E-state index in [-0.39, 0.29) is 57.0 Å². The second kappa shape index (κ2) is 19.3. The minimum absolute atomic E-state index is 0.00887. The van der Waals surface area contributed by atoms with E-state index in [1.54, 1.807) is 42.5 Å².